The Kier molecular flexibility index (Phi) is 3.74. The van der Waals surface area contributed by atoms with Gasteiger partial charge in [-0.15, -0.1) is 11.6 Å². The lowest BCUT2D eigenvalue weighted by Crippen LogP contribution is -2.02. The fourth-order valence-electron chi connectivity index (χ4n) is 0.922. The zero-order chi connectivity index (χ0) is 8.81. The van der Waals surface area contributed by atoms with Crippen molar-refractivity contribution in [1.82, 2.24) is 4.98 Å². The summed E-state index contributed by atoms with van der Waals surface area (Å²) in [4.78, 5) is 15.0. The Morgan fingerprint density at radius 2 is 2.08 bits per heavy atom. The van der Waals surface area contributed by atoms with Gasteiger partial charge in [0.25, 0.3) is 0 Å². The second-order valence-electron chi connectivity index (χ2n) is 2.51. The SMILES string of the molecule is O=C(CCCl)Cc1ccncc1. The molecule has 0 saturated carbocycles. The van der Waals surface area contributed by atoms with Crippen molar-refractivity contribution >= 4 is 17.4 Å². The van der Waals surface area contributed by atoms with Crippen molar-refractivity contribution in [2.75, 3.05) is 5.88 Å². The molecule has 0 saturated heterocycles. The predicted molar refractivity (Wildman–Crippen MR) is 48.3 cm³/mol. The van der Waals surface area contributed by atoms with Crippen LogP contribution in [0.3, 0.4) is 0 Å². The second kappa shape index (κ2) is 4.88. The van der Waals surface area contributed by atoms with E-state index in [4.69, 9.17) is 11.6 Å². The lowest BCUT2D eigenvalue weighted by molar-refractivity contribution is -0.118. The van der Waals surface area contributed by atoms with Gasteiger partial charge in [0.1, 0.15) is 5.78 Å². The molecule has 0 unspecified atom stereocenters. The highest BCUT2D eigenvalue weighted by molar-refractivity contribution is 6.19. The van der Waals surface area contributed by atoms with E-state index in [1.807, 2.05) is 12.1 Å². The molecule has 2 nitrogen and oxygen atoms in total. The summed E-state index contributed by atoms with van der Waals surface area (Å²) in [7, 11) is 0. The number of hydrogen-bond acceptors (Lipinski definition) is 2. The molecule has 0 N–H and O–H groups in total. The number of ketones is 1. The van der Waals surface area contributed by atoms with Crippen molar-refractivity contribution in [3.8, 4) is 0 Å². The van der Waals surface area contributed by atoms with Crippen LogP contribution in [0.1, 0.15) is 12.0 Å². The van der Waals surface area contributed by atoms with Gasteiger partial charge < -0.3 is 0 Å². The molecule has 3 heteroatoms. The number of halogens is 1. The number of carbonyl (C=O) groups excluding carboxylic acids is 1. The molecule has 0 aliphatic rings. The van der Waals surface area contributed by atoms with Crippen molar-refractivity contribution in [3.63, 3.8) is 0 Å². The van der Waals surface area contributed by atoms with E-state index >= 15 is 0 Å². The molecule has 0 spiro atoms. The van der Waals surface area contributed by atoms with E-state index in [0.717, 1.165) is 5.56 Å². The third-order valence-electron chi connectivity index (χ3n) is 1.52. The molecule has 1 aromatic rings. The molecule has 1 aromatic heterocycles. The van der Waals surface area contributed by atoms with E-state index in [9.17, 15) is 4.79 Å². The van der Waals surface area contributed by atoms with E-state index in [0.29, 0.717) is 18.7 Å². The first-order valence-corrected chi connectivity index (χ1v) is 4.33. The van der Waals surface area contributed by atoms with Crippen LogP contribution in [0.25, 0.3) is 0 Å². The van der Waals surface area contributed by atoms with Gasteiger partial charge in [0, 0.05) is 31.1 Å². The van der Waals surface area contributed by atoms with Crippen molar-refractivity contribution in [1.29, 1.82) is 0 Å². The lowest BCUT2D eigenvalue weighted by Gasteiger charge is -1.97. The average molecular weight is 184 g/mol. The minimum absolute atomic E-state index is 0.177. The van der Waals surface area contributed by atoms with E-state index in [1.54, 1.807) is 12.4 Å². The summed E-state index contributed by atoms with van der Waals surface area (Å²) in [5, 5.41) is 0. The minimum atomic E-state index is 0.177. The molecule has 0 aliphatic heterocycles. The number of alkyl halides is 1. The molecular weight excluding hydrogens is 174 g/mol. The van der Waals surface area contributed by atoms with E-state index in [-0.39, 0.29) is 5.78 Å². The first kappa shape index (κ1) is 9.20. The van der Waals surface area contributed by atoms with Crippen LogP contribution in [0.5, 0.6) is 0 Å². The van der Waals surface area contributed by atoms with E-state index in [1.165, 1.54) is 0 Å². The Hall–Kier alpha value is -0.890. The summed E-state index contributed by atoms with van der Waals surface area (Å²) < 4.78 is 0. The van der Waals surface area contributed by atoms with Crippen LogP contribution in [0, 0.1) is 0 Å². The molecule has 0 fully saturated rings. The summed E-state index contributed by atoms with van der Waals surface area (Å²) in [6.07, 6.45) is 4.28. The van der Waals surface area contributed by atoms with Gasteiger partial charge in [-0.25, -0.2) is 0 Å². The number of rotatable bonds is 4. The standard InChI is InChI=1S/C9H10ClNO/c10-4-1-9(12)7-8-2-5-11-6-3-8/h2-3,5-6H,1,4,7H2. The van der Waals surface area contributed by atoms with E-state index < -0.39 is 0 Å². The maximum Gasteiger partial charge on any atom is 0.138 e. The van der Waals surface area contributed by atoms with Crippen LogP contribution in [0.4, 0.5) is 0 Å². The summed E-state index contributed by atoms with van der Waals surface area (Å²) in [6.45, 7) is 0. The maximum absolute atomic E-state index is 11.1. The van der Waals surface area contributed by atoms with Crippen molar-refractivity contribution in [3.05, 3.63) is 30.1 Å². The highest BCUT2D eigenvalue weighted by Crippen LogP contribution is 2.00. The average Bonchev–Trinajstić information content (AvgIpc) is 2.06. The predicted octanol–water partition coefficient (Wildman–Crippen LogP) is 1.82. The Bertz CT molecular complexity index is 248. The van der Waals surface area contributed by atoms with Crippen molar-refractivity contribution < 1.29 is 4.79 Å². The number of aromatic nitrogens is 1. The van der Waals surface area contributed by atoms with Crippen LogP contribution in [0.2, 0.25) is 0 Å². The van der Waals surface area contributed by atoms with Crippen LogP contribution >= 0.6 is 11.6 Å². The smallest absolute Gasteiger partial charge is 0.138 e. The molecule has 64 valence electrons. The van der Waals surface area contributed by atoms with Gasteiger partial charge in [-0.05, 0) is 17.7 Å². The van der Waals surface area contributed by atoms with Crippen molar-refractivity contribution in [2.45, 2.75) is 12.8 Å². The van der Waals surface area contributed by atoms with Gasteiger partial charge in [0.15, 0.2) is 0 Å². The van der Waals surface area contributed by atoms with Crippen LogP contribution in [-0.2, 0) is 11.2 Å². The van der Waals surface area contributed by atoms with Gasteiger partial charge >= 0.3 is 0 Å². The van der Waals surface area contributed by atoms with Crippen LogP contribution < -0.4 is 0 Å². The van der Waals surface area contributed by atoms with Gasteiger partial charge in [0.05, 0.1) is 0 Å². The summed E-state index contributed by atoms with van der Waals surface area (Å²) in [5.41, 5.74) is 1.00. The third-order valence-corrected chi connectivity index (χ3v) is 1.71. The number of nitrogens with zero attached hydrogens (tertiary/aromatic N) is 1. The Morgan fingerprint density at radius 3 is 2.67 bits per heavy atom. The van der Waals surface area contributed by atoms with Gasteiger partial charge in [0.2, 0.25) is 0 Å². The fourth-order valence-corrected chi connectivity index (χ4v) is 1.13. The zero-order valence-corrected chi connectivity index (χ0v) is 7.42. The molecule has 0 amide bonds. The topological polar surface area (TPSA) is 30.0 Å². The molecule has 0 aliphatic carbocycles. The third kappa shape index (κ3) is 3.01. The molecule has 12 heavy (non-hydrogen) atoms. The normalized spacial score (nSPS) is 9.75. The Balaban J connectivity index is 2.47. The lowest BCUT2D eigenvalue weighted by atomic mass is 10.1. The first-order chi connectivity index (χ1) is 5.83. The monoisotopic (exact) mass is 183 g/mol. The summed E-state index contributed by atoms with van der Waals surface area (Å²) in [5.74, 6) is 0.584. The zero-order valence-electron chi connectivity index (χ0n) is 6.66. The van der Waals surface area contributed by atoms with Crippen molar-refractivity contribution in [2.24, 2.45) is 0 Å². The highest BCUT2D eigenvalue weighted by Gasteiger charge is 2.01. The van der Waals surface area contributed by atoms with E-state index in [2.05, 4.69) is 4.98 Å². The molecule has 1 rings (SSSR count). The fraction of sp³-hybridized carbons (Fsp3) is 0.333. The van der Waals surface area contributed by atoms with Gasteiger partial charge in [-0.3, -0.25) is 9.78 Å². The number of Topliss-reactive ketones (excluding diaryl/α,β-unsaturated/α-hetero) is 1. The number of pyridine rings is 1. The Morgan fingerprint density at radius 1 is 1.42 bits per heavy atom. The molecule has 0 atom stereocenters. The quantitative estimate of drug-likeness (QED) is 0.667. The minimum Gasteiger partial charge on any atom is -0.299 e. The molecular formula is C9H10ClNO. The highest BCUT2D eigenvalue weighted by atomic mass is 35.5. The summed E-state index contributed by atoms with van der Waals surface area (Å²) >= 11 is 5.43. The van der Waals surface area contributed by atoms with Gasteiger partial charge in [-0.1, -0.05) is 0 Å². The second-order valence-corrected chi connectivity index (χ2v) is 2.89. The molecule has 0 bridgehead atoms. The van der Waals surface area contributed by atoms with Gasteiger partial charge in [-0.2, -0.15) is 0 Å². The van der Waals surface area contributed by atoms with Crippen LogP contribution in [0.15, 0.2) is 24.5 Å². The summed E-state index contributed by atoms with van der Waals surface area (Å²) in [6, 6.07) is 3.68. The Labute approximate surface area is 76.6 Å². The maximum atomic E-state index is 11.1. The molecule has 0 aromatic carbocycles. The number of hydrogen-bond donors (Lipinski definition) is 0. The van der Waals surface area contributed by atoms with Crippen LogP contribution in [-0.4, -0.2) is 16.6 Å². The molecule has 1 heterocycles. The largest absolute Gasteiger partial charge is 0.299 e. The first-order valence-electron chi connectivity index (χ1n) is 3.79. The number of carbonyl (C=O) groups is 1. The molecule has 0 radical (unpaired) electrons.